The quantitative estimate of drug-likeness (QED) is 0.285. The number of aromatic nitrogens is 1. The van der Waals surface area contributed by atoms with Gasteiger partial charge in [-0.15, -0.1) is 0 Å². The van der Waals surface area contributed by atoms with Gasteiger partial charge in [0, 0.05) is 61.9 Å². The first kappa shape index (κ1) is 39.1. The molecule has 2 N–H and O–H groups in total. The van der Waals surface area contributed by atoms with Crippen molar-refractivity contribution in [3.05, 3.63) is 35.5 Å². The molecule has 50 heavy (non-hydrogen) atoms. The predicted molar refractivity (Wildman–Crippen MR) is 190 cm³/mol. The summed E-state index contributed by atoms with van der Waals surface area (Å²) in [6, 6.07) is 6.29. The van der Waals surface area contributed by atoms with E-state index in [0.717, 1.165) is 48.7 Å². The Hall–Kier alpha value is -3.68. The summed E-state index contributed by atoms with van der Waals surface area (Å²) < 4.78 is 18.5. The number of piperazine rings is 1. The number of hydrogen-bond acceptors (Lipinski definition) is 8. The third kappa shape index (κ3) is 10.4. The first-order valence-corrected chi connectivity index (χ1v) is 18.0. The van der Waals surface area contributed by atoms with Gasteiger partial charge in [-0.05, 0) is 77.6 Å². The van der Waals surface area contributed by atoms with Crippen LogP contribution in [0.4, 0.5) is 4.79 Å². The monoisotopic (exact) mass is 699 g/mol. The summed E-state index contributed by atoms with van der Waals surface area (Å²) in [5.74, 6) is -0.595. The van der Waals surface area contributed by atoms with Gasteiger partial charge in [0.2, 0.25) is 11.8 Å². The van der Waals surface area contributed by atoms with E-state index in [1.807, 2.05) is 25.1 Å². The summed E-state index contributed by atoms with van der Waals surface area (Å²) in [5.41, 5.74) is 2.00. The van der Waals surface area contributed by atoms with Crippen molar-refractivity contribution in [2.45, 2.75) is 91.0 Å². The fourth-order valence-electron chi connectivity index (χ4n) is 6.68. The normalized spacial score (nSPS) is 17.0. The number of fused-ring (bicyclic) bond motifs is 1. The van der Waals surface area contributed by atoms with Crippen LogP contribution < -0.4 is 5.32 Å². The highest BCUT2D eigenvalue weighted by Crippen LogP contribution is 2.28. The molecule has 1 aliphatic carbocycles. The van der Waals surface area contributed by atoms with Gasteiger partial charge in [-0.2, -0.15) is 0 Å². The van der Waals surface area contributed by atoms with Gasteiger partial charge in [-0.1, -0.05) is 19.3 Å². The average Bonchev–Trinajstić information content (AvgIpc) is 3.42. The van der Waals surface area contributed by atoms with E-state index in [1.165, 1.54) is 11.9 Å². The zero-order chi connectivity index (χ0) is 36.4. The fourth-order valence-corrected chi connectivity index (χ4v) is 6.68. The molecule has 278 valence electrons. The van der Waals surface area contributed by atoms with Gasteiger partial charge in [-0.3, -0.25) is 19.3 Å². The van der Waals surface area contributed by atoms with Gasteiger partial charge < -0.3 is 39.0 Å². The Balaban J connectivity index is 1.35. The number of hydrogen-bond donors (Lipinski definition) is 2. The Morgan fingerprint density at radius 1 is 0.940 bits per heavy atom. The lowest BCUT2D eigenvalue weighted by molar-refractivity contribution is -0.140. The van der Waals surface area contributed by atoms with Crippen LogP contribution in [-0.4, -0.2) is 132 Å². The summed E-state index contributed by atoms with van der Waals surface area (Å²) in [6.45, 7) is 12.9. The van der Waals surface area contributed by atoms with E-state index in [-0.39, 0.29) is 24.3 Å². The highest BCUT2D eigenvalue weighted by atomic mass is 16.6. The summed E-state index contributed by atoms with van der Waals surface area (Å²) in [7, 11) is 1.52. The predicted octanol–water partition coefficient (Wildman–Crippen LogP) is 3.58. The third-order valence-electron chi connectivity index (χ3n) is 9.63. The zero-order valence-corrected chi connectivity index (χ0v) is 30.7. The molecule has 1 aliphatic heterocycles. The molecule has 0 radical (unpaired) electrons. The molecular weight excluding hydrogens is 642 g/mol. The molecule has 4 amide bonds. The first-order valence-electron chi connectivity index (χ1n) is 18.0. The maximum atomic E-state index is 14.0. The lowest BCUT2D eigenvalue weighted by Gasteiger charge is -2.39. The lowest BCUT2D eigenvalue weighted by Crippen LogP contribution is -2.59. The molecule has 1 saturated carbocycles. The molecule has 2 heterocycles. The molecule has 2 atom stereocenters. The number of nitrogens with one attached hydrogen (secondary N) is 1. The van der Waals surface area contributed by atoms with E-state index >= 15 is 0 Å². The highest BCUT2D eigenvalue weighted by Gasteiger charge is 2.37. The Morgan fingerprint density at radius 3 is 2.22 bits per heavy atom. The molecule has 1 aromatic carbocycles. The van der Waals surface area contributed by atoms with Crippen LogP contribution >= 0.6 is 0 Å². The van der Waals surface area contributed by atoms with Gasteiger partial charge in [0.05, 0.1) is 33.0 Å². The van der Waals surface area contributed by atoms with Gasteiger partial charge in [0.25, 0.3) is 5.91 Å². The van der Waals surface area contributed by atoms with Crippen LogP contribution in [0.25, 0.3) is 10.9 Å². The van der Waals surface area contributed by atoms with Crippen molar-refractivity contribution in [3.63, 3.8) is 0 Å². The maximum absolute atomic E-state index is 14.0. The second-order valence-electron chi connectivity index (χ2n) is 14.4. The van der Waals surface area contributed by atoms with Crippen molar-refractivity contribution in [3.8, 4) is 0 Å². The van der Waals surface area contributed by atoms with Crippen molar-refractivity contribution < 1.29 is 38.5 Å². The van der Waals surface area contributed by atoms with Crippen molar-refractivity contribution >= 4 is 34.7 Å². The summed E-state index contributed by atoms with van der Waals surface area (Å²) in [5, 5.41) is 12.8. The van der Waals surface area contributed by atoms with Gasteiger partial charge in [-0.25, -0.2) is 4.79 Å². The maximum Gasteiger partial charge on any atom is 0.410 e. The second-order valence-corrected chi connectivity index (χ2v) is 14.4. The molecule has 0 unspecified atom stereocenters. The highest BCUT2D eigenvalue weighted by molar-refractivity contribution is 5.98. The van der Waals surface area contributed by atoms with Crippen LogP contribution in [0.3, 0.4) is 0 Å². The Labute approximate surface area is 296 Å². The van der Waals surface area contributed by atoms with Crippen molar-refractivity contribution in [1.29, 1.82) is 0 Å². The number of rotatable bonds is 14. The molecule has 2 aliphatic rings. The molecular formula is C37H57N5O8. The van der Waals surface area contributed by atoms with Crippen molar-refractivity contribution in [2.75, 3.05) is 66.3 Å². The number of nitrogens with zero attached hydrogens (tertiary/aromatic N) is 4. The van der Waals surface area contributed by atoms with Crippen molar-refractivity contribution in [1.82, 2.24) is 24.6 Å². The van der Waals surface area contributed by atoms with Gasteiger partial charge in [0.15, 0.2) is 0 Å². The number of benzene rings is 1. The molecule has 13 heteroatoms. The Kier molecular flexibility index (Phi) is 14.1. The van der Waals surface area contributed by atoms with E-state index in [1.54, 1.807) is 37.5 Å². The molecule has 1 aromatic heterocycles. The van der Waals surface area contributed by atoms with Crippen LogP contribution in [0.5, 0.6) is 0 Å². The van der Waals surface area contributed by atoms with Crippen molar-refractivity contribution in [2.24, 2.45) is 5.92 Å². The number of amides is 4. The minimum absolute atomic E-state index is 0.00463. The van der Waals surface area contributed by atoms with E-state index in [4.69, 9.17) is 19.3 Å². The van der Waals surface area contributed by atoms with Gasteiger partial charge in [0.1, 0.15) is 17.7 Å². The molecule has 13 nitrogen and oxygen atoms in total. The molecule has 0 bridgehead atoms. The molecule has 4 rings (SSSR count). The smallest absolute Gasteiger partial charge is 0.410 e. The largest absolute Gasteiger partial charge is 0.444 e. The van der Waals surface area contributed by atoms with Crippen LogP contribution in [0.2, 0.25) is 0 Å². The summed E-state index contributed by atoms with van der Waals surface area (Å²) in [4.78, 5) is 58.5. The number of carbonyl (C=O) groups excluding carboxylic acids is 4. The third-order valence-corrected chi connectivity index (χ3v) is 9.63. The zero-order valence-electron chi connectivity index (χ0n) is 30.7. The standard InChI is InChI=1S/C37H57N5O8/c1-26-24-30-25-29(12-13-31(30)42(26)18-20-48-22-23-49-21-19-43)34(45)40-14-16-41(17-15-40)35(46)32(28-10-8-7-9-11-28)38-33(44)27(2)39(6)36(47)50-37(3,4)5/h12-13,24-25,27-28,32,43H,7-11,14-23H2,1-6H3,(H,38,44)/t27-,32-/m0/s1. The number of likely N-dealkylation sites (N-methyl/N-ethyl adjacent to an activating group) is 1. The van der Waals surface area contributed by atoms with Crippen LogP contribution in [0, 0.1) is 12.8 Å². The van der Waals surface area contributed by atoms with Crippen LogP contribution in [0.15, 0.2) is 24.3 Å². The number of aliphatic hydroxyl groups excluding tert-OH is 1. The summed E-state index contributed by atoms with van der Waals surface area (Å²) >= 11 is 0. The molecule has 0 spiro atoms. The first-order chi connectivity index (χ1) is 23.8. The topological polar surface area (TPSA) is 143 Å². The van der Waals surface area contributed by atoms with Crippen LogP contribution in [0.1, 0.15) is 75.9 Å². The second kappa shape index (κ2) is 18.0. The number of ether oxygens (including phenoxy) is 3. The summed E-state index contributed by atoms with van der Waals surface area (Å²) in [6.07, 6.45) is 4.21. The van der Waals surface area contributed by atoms with E-state index in [0.29, 0.717) is 64.7 Å². The minimum Gasteiger partial charge on any atom is -0.444 e. The molecule has 2 fully saturated rings. The Bertz CT molecular complexity index is 1460. The number of carbonyl (C=O) groups is 4. The van der Waals surface area contributed by atoms with E-state index < -0.39 is 29.7 Å². The van der Waals surface area contributed by atoms with E-state index in [9.17, 15) is 19.2 Å². The average molecular weight is 700 g/mol. The fraction of sp³-hybridized carbons (Fsp3) is 0.676. The number of aryl methyl sites for hydroxylation is 1. The SMILES string of the molecule is Cc1cc2cc(C(=O)N3CCN(C(=O)[C@@H](NC(=O)[C@H](C)N(C)C(=O)OC(C)(C)C)C4CCCCC4)CC3)ccc2n1CCOCCOCCO. The van der Waals surface area contributed by atoms with Crippen LogP contribution in [-0.2, 0) is 30.3 Å². The lowest BCUT2D eigenvalue weighted by atomic mass is 9.83. The molecule has 1 saturated heterocycles. The Morgan fingerprint density at radius 2 is 1.58 bits per heavy atom. The minimum atomic E-state index is -0.826. The number of aliphatic hydroxyl groups is 1. The van der Waals surface area contributed by atoms with Gasteiger partial charge >= 0.3 is 6.09 Å². The molecule has 2 aromatic rings. The van der Waals surface area contributed by atoms with E-state index in [2.05, 4.69) is 16.0 Å².